The number of rotatable bonds is 6. The van der Waals surface area contributed by atoms with Crippen LogP contribution < -0.4 is 4.90 Å². The fourth-order valence-corrected chi connectivity index (χ4v) is 7.66. The third-order valence-corrected chi connectivity index (χ3v) is 10.2. The lowest BCUT2D eigenvalue weighted by atomic mass is 10.1. The van der Waals surface area contributed by atoms with Crippen LogP contribution in [-0.2, 0) is 0 Å². The van der Waals surface area contributed by atoms with Crippen LogP contribution >= 0.6 is 0 Å². The van der Waals surface area contributed by atoms with Gasteiger partial charge in [0.15, 0.2) is 11.2 Å². The molecule has 0 aliphatic heterocycles. The predicted octanol–water partition coefficient (Wildman–Crippen LogP) is 13.0. The van der Waals surface area contributed by atoms with E-state index in [4.69, 9.17) is 18.8 Å². The number of anilines is 3. The van der Waals surface area contributed by atoms with Crippen LogP contribution in [0.15, 0.2) is 191 Å². The normalized spacial score (nSPS) is 11.7. The van der Waals surface area contributed by atoms with Crippen LogP contribution in [0, 0.1) is 0 Å². The number of nitrogens with zero attached hydrogens (tertiary/aromatic N) is 4. The zero-order chi connectivity index (χ0) is 35.6. The summed E-state index contributed by atoms with van der Waals surface area (Å²) < 4.78 is 15.0. The molecule has 254 valence electrons. The molecule has 8 aromatic carbocycles. The summed E-state index contributed by atoms with van der Waals surface area (Å²) >= 11 is 0. The van der Waals surface area contributed by atoms with E-state index in [1.165, 1.54) is 16.2 Å². The van der Waals surface area contributed by atoms with Gasteiger partial charge in [-0.25, -0.2) is 9.97 Å². The molecule has 0 spiro atoms. The van der Waals surface area contributed by atoms with Crippen LogP contribution in [-0.4, -0.2) is 14.5 Å². The fraction of sp³-hybridized carbons (Fsp3) is 0. The number of aromatic nitrogens is 3. The number of oxazole rings is 2. The van der Waals surface area contributed by atoms with E-state index < -0.39 is 0 Å². The highest BCUT2D eigenvalue weighted by Crippen LogP contribution is 2.39. The Bertz CT molecular complexity index is 3180. The van der Waals surface area contributed by atoms with Gasteiger partial charge in [-0.05, 0) is 108 Å². The zero-order valence-corrected chi connectivity index (χ0v) is 28.9. The highest BCUT2D eigenvalue weighted by Gasteiger charge is 2.19. The van der Waals surface area contributed by atoms with E-state index in [9.17, 15) is 0 Å². The Balaban J connectivity index is 0.956. The van der Waals surface area contributed by atoms with Gasteiger partial charge in [-0.15, -0.1) is 0 Å². The maximum atomic E-state index is 6.34. The van der Waals surface area contributed by atoms with Gasteiger partial charge in [-0.1, -0.05) is 84.9 Å². The SMILES string of the molecule is c1ccc(N(c2ccc3ccccc3c2)c2ccc3oc(-c4ccc5oc(-c6ccc7c(c6)c6ccccc6n7-c6ccccc6)nc5c4)nc3c2)cc1. The van der Waals surface area contributed by atoms with E-state index in [2.05, 4.69) is 155 Å². The van der Waals surface area contributed by atoms with Gasteiger partial charge in [0.05, 0.1) is 11.0 Å². The van der Waals surface area contributed by atoms with Crippen molar-refractivity contribution in [1.82, 2.24) is 14.5 Å². The number of hydrogen-bond donors (Lipinski definition) is 0. The first kappa shape index (κ1) is 30.2. The van der Waals surface area contributed by atoms with Crippen molar-refractivity contribution in [2.75, 3.05) is 4.90 Å². The van der Waals surface area contributed by atoms with Crippen molar-refractivity contribution in [3.63, 3.8) is 0 Å². The van der Waals surface area contributed by atoms with Crippen molar-refractivity contribution in [3.8, 4) is 28.6 Å². The van der Waals surface area contributed by atoms with Crippen molar-refractivity contribution < 1.29 is 8.83 Å². The quantitative estimate of drug-likeness (QED) is 0.173. The molecule has 6 nitrogen and oxygen atoms in total. The molecule has 0 saturated carbocycles. The van der Waals surface area contributed by atoms with E-state index in [0.717, 1.165) is 61.3 Å². The van der Waals surface area contributed by atoms with Crippen molar-refractivity contribution >= 4 is 71.8 Å². The zero-order valence-electron chi connectivity index (χ0n) is 28.9. The van der Waals surface area contributed by atoms with E-state index in [-0.39, 0.29) is 0 Å². The molecule has 0 radical (unpaired) electrons. The Kier molecular flexibility index (Phi) is 6.75. The first-order chi connectivity index (χ1) is 26.7. The summed E-state index contributed by atoms with van der Waals surface area (Å²) in [5.41, 5.74) is 11.2. The third-order valence-electron chi connectivity index (χ3n) is 10.2. The van der Waals surface area contributed by atoms with Gasteiger partial charge in [0, 0.05) is 44.6 Å². The Labute approximate surface area is 309 Å². The summed E-state index contributed by atoms with van der Waals surface area (Å²) in [6, 6.07) is 62.8. The Morgan fingerprint density at radius 3 is 1.81 bits per heavy atom. The minimum absolute atomic E-state index is 0.528. The molecule has 0 unspecified atom stereocenters. The van der Waals surface area contributed by atoms with Crippen LogP contribution in [0.5, 0.6) is 0 Å². The number of fused-ring (bicyclic) bond motifs is 6. The molecule has 6 heteroatoms. The third kappa shape index (κ3) is 4.96. The summed E-state index contributed by atoms with van der Waals surface area (Å²) in [7, 11) is 0. The van der Waals surface area contributed by atoms with Gasteiger partial charge < -0.3 is 18.3 Å². The lowest BCUT2D eigenvalue weighted by Gasteiger charge is -2.25. The maximum absolute atomic E-state index is 6.34. The number of para-hydroxylation sites is 3. The molecule has 0 aliphatic rings. The summed E-state index contributed by atoms with van der Waals surface area (Å²) in [5.74, 6) is 1.10. The summed E-state index contributed by atoms with van der Waals surface area (Å²) in [5, 5.41) is 4.71. The van der Waals surface area contributed by atoms with Gasteiger partial charge in [0.2, 0.25) is 11.8 Å². The van der Waals surface area contributed by atoms with Crippen molar-refractivity contribution in [3.05, 3.63) is 182 Å². The van der Waals surface area contributed by atoms with E-state index in [0.29, 0.717) is 22.9 Å². The molecule has 0 atom stereocenters. The second-order valence-electron chi connectivity index (χ2n) is 13.5. The predicted molar refractivity (Wildman–Crippen MR) is 219 cm³/mol. The van der Waals surface area contributed by atoms with Gasteiger partial charge in [-0.3, -0.25) is 0 Å². The topological polar surface area (TPSA) is 60.2 Å². The van der Waals surface area contributed by atoms with Crippen LogP contribution in [0.1, 0.15) is 0 Å². The highest BCUT2D eigenvalue weighted by molar-refractivity contribution is 6.10. The molecule has 11 aromatic rings. The summed E-state index contributed by atoms with van der Waals surface area (Å²) in [4.78, 5) is 12.2. The average molecular weight is 695 g/mol. The number of benzene rings is 8. The second kappa shape index (κ2) is 12.1. The monoisotopic (exact) mass is 694 g/mol. The van der Waals surface area contributed by atoms with Gasteiger partial charge in [0.25, 0.3) is 0 Å². The van der Waals surface area contributed by atoms with Gasteiger partial charge in [0.1, 0.15) is 11.0 Å². The van der Waals surface area contributed by atoms with Crippen LogP contribution in [0.25, 0.3) is 83.4 Å². The molecule has 3 aromatic heterocycles. The van der Waals surface area contributed by atoms with Crippen molar-refractivity contribution in [2.45, 2.75) is 0 Å². The molecule has 3 heterocycles. The Hall–Kier alpha value is -7.44. The molecule has 0 saturated heterocycles. The smallest absolute Gasteiger partial charge is 0.227 e. The summed E-state index contributed by atoms with van der Waals surface area (Å²) in [6.45, 7) is 0. The molecular weight excluding hydrogens is 665 g/mol. The highest BCUT2D eigenvalue weighted by atomic mass is 16.4. The molecule has 0 amide bonds. The fourth-order valence-electron chi connectivity index (χ4n) is 7.66. The van der Waals surface area contributed by atoms with E-state index in [1.807, 2.05) is 36.4 Å². The molecule has 54 heavy (non-hydrogen) atoms. The standard InChI is InChI=1S/C48H30N4O2/c1-3-13-35(14-4-1)51(37-22-19-31-11-7-8-12-32(31)27-37)38-23-26-46-42(30-38)50-48(54-46)34-21-25-45-41(29-34)49-47(53-45)33-20-24-44-40(28-33)39-17-9-10-18-43(39)52(44)36-15-5-2-6-16-36/h1-30H. The minimum Gasteiger partial charge on any atom is -0.436 e. The van der Waals surface area contributed by atoms with Crippen LogP contribution in [0.2, 0.25) is 0 Å². The molecule has 0 fully saturated rings. The molecule has 0 N–H and O–H groups in total. The van der Waals surface area contributed by atoms with Gasteiger partial charge >= 0.3 is 0 Å². The lowest BCUT2D eigenvalue weighted by Crippen LogP contribution is -2.09. The largest absolute Gasteiger partial charge is 0.436 e. The Morgan fingerprint density at radius 1 is 0.407 bits per heavy atom. The molecule has 0 bridgehead atoms. The van der Waals surface area contributed by atoms with Crippen LogP contribution in [0.4, 0.5) is 17.1 Å². The first-order valence-electron chi connectivity index (χ1n) is 18.0. The lowest BCUT2D eigenvalue weighted by molar-refractivity contribution is 0.618. The Morgan fingerprint density at radius 2 is 1.00 bits per heavy atom. The molecular formula is C48H30N4O2. The first-order valence-corrected chi connectivity index (χ1v) is 18.0. The molecule has 11 rings (SSSR count). The van der Waals surface area contributed by atoms with Crippen LogP contribution in [0.3, 0.4) is 0 Å². The van der Waals surface area contributed by atoms with E-state index >= 15 is 0 Å². The van der Waals surface area contributed by atoms with Crippen molar-refractivity contribution in [1.29, 1.82) is 0 Å². The maximum Gasteiger partial charge on any atom is 0.227 e. The minimum atomic E-state index is 0.528. The number of hydrogen-bond acceptors (Lipinski definition) is 5. The average Bonchev–Trinajstić information content (AvgIpc) is 3.95. The van der Waals surface area contributed by atoms with E-state index in [1.54, 1.807) is 0 Å². The second-order valence-corrected chi connectivity index (χ2v) is 13.5. The molecule has 0 aliphatic carbocycles. The van der Waals surface area contributed by atoms with Crippen molar-refractivity contribution in [2.24, 2.45) is 0 Å². The van der Waals surface area contributed by atoms with Gasteiger partial charge in [-0.2, -0.15) is 0 Å². The summed E-state index contributed by atoms with van der Waals surface area (Å²) in [6.07, 6.45) is 0.